The molecular weight excluding hydrogens is 198 g/mol. The van der Waals surface area contributed by atoms with Gasteiger partial charge >= 0.3 is 0 Å². The Bertz CT molecular complexity index is 438. The van der Waals surface area contributed by atoms with Gasteiger partial charge in [-0.1, -0.05) is 6.07 Å². The van der Waals surface area contributed by atoms with Crippen LogP contribution >= 0.6 is 0 Å². The predicted molar refractivity (Wildman–Crippen MR) is 53.9 cm³/mol. The molecule has 15 heavy (non-hydrogen) atoms. The summed E-state index contributed by atoms with van der Waals surface area (Å²) in [4.78, 5) is 0. The van der Waals surface area contributed by atoms with Crippen LogP contribution in [0.2, 0.25) is 0 Å². The Kier molecular flexibility index (Phi) is 2.67. The van der Waals surface area contributed by atoms with Crippen LogP contribution in [0.5, 0.6) is 0 Å². The van der Waals surface area contributed by atoms with Gasteiger partial charge in [0.1, 0.15) is 0 Å². The van der Waals surface area contributed by atoms with Gasteiger partial charge in [0, 0.05) is 12.4 Å². The molecule has 1 aromatic heterocycles. The first-order chi connectivity index (χ1) is 7.25. The third kappa shape index (κ3) is 2.34. The van der Waals surface area contributed by atoms with E-state index in [-0.39, 0.29) is 0 Å². The molecule has 4 heteroatoms. The van der Waals surface area contributed by atoms with Crippen LogP contribution in [0, 0.1) is 11.6 Å². The van der Waals surface area contributed by atoms with Gasteiger partial charge in [-0.25, -0.2) is 8.78 Å². The highest BCUT2D eigenvalue weighted by Crippen LogP contribution is 2.08. The summed E-state index contributed by atoms with van der Waals surface area (Å²) >= 11 is 0. The van der Waals surface area contributed by atoms with Gasteiger partial charge in [0.25, 0.3) is 0 Å². The van der Waals surface area contributed by atoms with Crippen molar-refractivity contribution in [3.8, 4) is 0 Å². The van der Waals surface area contributed by atoms with Gasteiger partial charge in [-0.2, -0.15) is 0 Å². The lowest BCUT2D eigenvalue weighted by Crippen LogP contribution is -2.11. The summed E-state index contributed by atoms with van der Waals surface area (Å²) in [6, 6.07) is 7.61. The maximum Gasteiger partial charge on any atom is 0.159 e. The number of aromatic nitrogens is 1. The fourth-order valence-electron chi connectivity index (χ4n) is 1.27. The fourth-order valence-corrected chi connectivity index (χ4v) is 1.27. The molecule has 1 N–H and O–H groups in total. The SMILES string of the molecule is Fc1ccc(CNn2cccc2)cc1F. The van der Waals surface area contributed by atoms with Gasteiger partial charge in [-0.05, 0) is 29.8 Å². The summed E-state index contributed by atoms with van der Waals surface area (Å²) < 4.78 is 27.2. The maximum atomic E-state index is 12.8. The van der Waals surface area contributed by atoms with Crippen LogP contribution in [0.1, 0.15) is 5.56 Å². The van der Waals surface area contributed by atoms with E-state index in [0.29, 0.717) is 12.1 Å². The van der Waals surface area contributed by atoms with Crippen molar-refractivity contribution < 1.29 is 8.78 Å². The van der Waals surface area contributed by atoms with Crippen molar-refractivity contribution in [2.45, 2.75) is 6.54 Å². The summed E-state index contributed by atoms with van der Waals surface area (Å²) in [7, 11) is 0. The largest absolute Gasteiger partial charge is 0.322 e. The number of nitrogens with zero attached hydrogens (tertiary/aromatic N) is 1. The van der Waals surface area contributed by atoms with Gasteiger partial charge in [-0.3, -0.25) is 4.68 Å². The van der Waals surface area contributed by atoms with E-state index >= 15 is 0 Å². The van der Waals surface area contributed by atoms with Crippen LogP contribution in [-0.2, 0) is 6.54 Å². The summed E-state index contributed by atoms with van der Waals surface area (Å²) in [5.74, 6) is -1.64. The summed E-state index contributed by atoms with van der Waals surface area (Å²) in [6.07, 6.45) is 3.67. The molecule has 2 rings (SSSR count). The molecule has 1 aromatic carbocycles. The summed E-state index contributed by atoms with van der Waals surface area (Å²) in [6.45, 7) is 0.450. The molecule has 78 valence electrons. The maximum absolute atomic E-state index is 12.8. The average Bonchev–Trinajstić information content (AvgIpc) is 2.73. The smallest absolute Gasteiger partial charge is 0.159 e. The Hall–Kier alpha value is -1.84. The minimum absolute atomic E-state index is 0.450. The molecule has 0 saturated carbocycles. The summed E-state index contributed by atoms with van der Waals surface area (Å²) in [5, 5.41) is 0. The zero-order valence-corrected chi connectivity index (χ0v) is 7.95. The van der Waals surface area contributed by atoms with Crippen molar-refractivity contribution in [1.29, 1.82) is 0 Å². The minimum Gasteiger partial charge on any atom is -0.322 e. The quantitative estimate of drug-likeness (QED) is 0.820. The fraction of sp³-hybridized carbons (Fsp3) is 0.0909. The van der Waals surface area contributed by atoms with Crippen LogP contribution in [-0.4, -0.2) is 4.68 Å². The van der Waals surface area contributed by atoms with Crippen molar-refractivity contribution >= 4 is 0 Å². The van der Waals surface area contributed by atoms with Gasteiger partial charge < -0.3 is 5.43 Å². The molecule has 0 aliphatic heterocycles. The molecule has 0 spiro atoms. The van der Waals surface area contributed by atoms with Crippen LogP contribution in [0.3, 0.4) is 0 Å². The lowest BCUT2D eigenvalue weighted by Gasteiger charge is -2.07. The Balaban J connectivity index is 2.02. The Labute approximate surface area is 86.1 Å². The van der Waals surface area contributed by atoms with E-state index in [2.05, 4.69) is 5.43 Å². The van der Waals surface area contributed by atoms with E-state index in [4.69, 9.17) is 0 Å². The van der Waals surface area contributed by atoms with E-state index in [1.807, 2.05) is 24.5 Å². The van der Waals surface area contributed by atoms with Crippen LogP contribution in [0.25, 0.3) is 0 Å². The molecule has 2 aromatic rings. The van der Waals surface area contributed by atoms with Crippen molar-refractivity contribution in [2.24, 2.45) is 0 Å². The second-order valence-corrected chi connectivity index (χ2v) is 3.17. The molecular formula is C11H10F2N2. The lowest BCUT2D eigenvalue weighted by atomic mass is 10.2. The standard InChI is InChI=1S/C11H10F2N2/c12-10-4-3-9(7-11(10)13)8-14-15-5-1-2-6-15/h1-7,14H,8H2. The Morgan fingerprint density at radius 2 is 1.80 bits per heavy atom. The van der Waals surface area contributed by atoms with E-state index in [0.717, 1.165) is 6.07 Å². The lowest BCUT2D eigenvalue weighted by molar-refractivity contribution is 0.507. The molecule has 1 heterocycles. The number of halogens is 2. The highest BCUT2D eigenvalue weighted by molar-refractivity contribution is 5.18. The molecule has 2 nitrogen and oxygen atoms in total. The topological polar surface area (TPSA) is 17.0 Å². The van der Waals surface area contributed by atoms with Crippen LogP contribution < -0.4 is 5.43 Å². The minimum atomic E-state index is -0.820. The number of hydrogen-bond acceptors (Lipinski definition) is 1. The highest BCUT2D eigenvalue weighted by Gasteiger charge is 2.01. The zero-order chi connectivity index (χ0) is 10.7. The van der Waals surface area contributed by atoms with E-state index in [9.17, 15) is 8.78 Å². The highest BCUT2D eigenvalue weighted by atomic mass is 19.2. The van der Waals surface area contributed by atoms with Crippen molar-refractivity contribution in [2.75, 3.05) is 5.43 Å². The monoisotopic (exact) mass is 208 g/mol. The normalized spacial score (nSPS) is 10.3. The van der Waals surface area contributed by atoms with Crippen LogP contribution in [0.4, 0.5) is 8.78 Å². The first kappa shape index (κ1) is 9.71. The van der Waals surface area contributed by atoms with Crippen molar-refractivity contribution in [1.82, 2.24) is 4.68 Å². The molecule has 0 atom stereocenters. The number of hydrogen-bond donors (Lipinski definition) is 1. The number of nitrogens with one attached hydrogen (secondary N) is 1. The number of benzene rings is 1. The number of rotatable bonds is 3. The average molecular weight is 208 g/mol. The second kappa shape index (κ2) is 4.13. The summed E-state index contributed by atoms with van der Waals surface area (Å²) in [5.41, 5.74) is 3.71. The van der Waals surface area contributed by atoms with Gasteiger partial charge in [0.05, 0.1) is 6.54 Å². The first-order valence-electron chi connectivity index (χ1n) is 4.56. The molecule has 0 amide bonds. The van der Waals surface area contributed by atoms with Crippen molar-refractivity contribution in [3.05, 3.63) is 59.9 Å². The van der Waals surface area contributed by atoms with Gasteiger partial charge in [-0.15, -0.1) is 0 Å². The van der Waals surface area contributed by atoms with Crippen LogP contribution in [0.15, 0.2) is 42.7 Å². The molecule has 0 fully saturated rings. The third-order valence-corrected chi connectivity index (χ3v) is 2.05. The zero-order valence-electron chi connectivity index (χ0n) is 7.95. The molecule has 0 bridgehead atoms. The van der Waals surface area contributed by atoms with E-state index < -0.39 is 11.6 Å². The van der Waals surface area contributed by atoms with E-state index in [1.165, 1.54) is 6.07 Å². The van der Waals surface area contributed by atoms with Crippen molar-refractivity contribution in [3.63, 3.8) is 0 Å². The molecule has 0 radical (unpaired) electrons. The molecule has 0 aliphatic carbocycles. The Morgan fingerprint density at radius 3 is 2.47 bits per heavy atom. The third-order valence-electron chi connectivity index (χ3n) is 2.05. The van der Waals surface area contributed by atoms with E-state index in [1.54, 1.807) is 10.7 Å². The van der Waals surface area contributed by atoms with Gasteiger partial charge in [0.2, 0.25) is 0 Å². The predicted octanol–water partition coefficient (Wildman–Crippen LogP) is 2.51. The Morgan fingerprint density at radius 1 is 1.07 bits per heavy atom. The first-order valence-corrected chi connectivity index (χ1v) is 4.56. The molecule has 0 saturated heterocycles. The second-order valence-electron chi connectivity index (χ2n) is 3.17. The van der Waals surface area contributed by atoms with Gasteiger partial charge in [0.15, 0.2) is 11.6 Å². The molecule has 0 aliphatic rings. The molecule has 0 unspecified atom stereocenters.